The van der Waals surface area contributed by atoms with Gasteiger partial charge in [-0.2, -0.15) is 0 Å². The fraction of sp³-hybridized carbons (Fsp3) is 0.367. The van der Waals surface area contributed by atoms with Crippen LogP contribution in [0.25, 0.3) is 39.5 Å². The van der Waals surface area contributed by atoms with Gasteiger partial charge in [0, 0.05) is 42.1 Å². The van der Waals surface area contributed by atoms with E-state index in [1.165, 1.54) is 23.7 Å². The lowest BCUT2D eigenvalue weighted by Gasteiger charge is -2.32. The zero-order valence-electron chi connectivity index (χ0n) is 21.7. The van der Waals surface area contributed by atoms with E-state index < -0.39 is 6.09 Å². The van der Waals surface area contributed by atoms with Crippen LogP contribution in [-0.4, -0.2) is 61.9 Å². The number of hydrogen-bond donors (Lipinski definition) is 2. The third-order valence-electron chi connectivity index (χ3n) is 8.19. The number of likely N-dealkylation sites (tertiary alicyclic amines) is 1. The van der Waals surface area contributed by atoms with Crippen LogP contribution in [0.3, 0.4) is 0 Å². The molecule has 3 aliphatic rings. The van der Waals surface area contributed by atoms with Gasteiger partial charge in [-0.1, -0.05) is 24.8 Å². The van der Waals surface area contributed by atoms with Crippen molar-refractivity contribution in [2.45, 2.75) is 44.8 Å². The summed E-state index contributed by atoms with van der Waals surface area (Å²) in [6.45, 7) is 7.04. The summed E-state index contributed by atoms with van der Waals surface area (Å²) >= 11 is 0. The first-order valence-corrected chi connectivity index (χ1v) is 13.7. The number of nitrogens with zero attached hydrogens (tertiary/aromatic N) is 4. The van der Waals surface area contributed by atoms with Crippen LogP contribution >= 0.6 is 0 Å². The average Bonchev–Trinajstić information content (AvgIpc) is 3.59. The molecule has 0 radical (unpaired) electrons. The van der Waals surface area contributed by atoms with Crippen molar-refractivity contribution < 1.29 is 19.4 Å². The fourth-order valence-electron chi connectivity index (χ4n) is 6.10. The van der Waals surface area contributed by atoms with Crippen molar-refractivity contribution in [2.24, 2.45) is 5.92 Å². The predicted molar refractivity (Wildman–Crippen MR) is 149 cm³/mol. The van der Waals surface area contributed by atoms with Crippen LogP contribution in [0.15, 0.2) is 43.0 Å². The average molecular weight is 526 g/mol. The summed E-state index contributed by atoms with van der Waals surface area (Å²) in [5.74, 6) is 2.11. The molecule has 1 saturated heterocycles. The molecule has 0 spiro atoms. The Balaban J connectivity index is 1.31. The first-order chi connectivity index (χ1) is 19.0. The molecule has 1 aliphatic carbocycles. The molecule has 2 amide bonds. The molecule has 0 bridgehead atoms. The zero-order valence-corrected chi connectivity index (χ0v) is 21.7. The summed E-state index contributed by atoms with van der Waals surface area (Å²) in [4.78, 5) is 31.5. The number of benzene rings is 2. The molecule has 2 fully saturated rings. The van der Waals surface area contributed by atoms with Crippen molar-refractivity contribution in [3.63, 3.8) is 0 Å². The lowest BCUT2D eigenvalue weighted by atomic mass is 10.0. The minimum Gasteiger partial charge on any atom is -0.489 e. The first kappa shape index (κ1) is 23.8. The number of imidazole rings is 1. The van der Waals surface area contributed by atoms with Gasteiger partial charge >= 0.3 is 6.09 Å². The molecule has 200 valence electrons. The number of ether oxygens (including phenoxy) is 1. The highest BCUT2D eigenvalue weighted by Gasteiger charge is 2.30. The molecule has 7 rings (SSSR count). The van der Waals surface area contributed by atoms with Crippen LogP contribution in [0.2, 0.25) is 0 Å². The number of nitrogens with one attached hydrogen (secondary N) is 1. The van der Waals surface area contributed by atoms with E-state index in [0.29, 0.717) is 43.5 Å². The van der Waals surface area contributed by atoms with E-state index in [4.69, 9.17) is 14.8 Å². The summed E-state index contributed by atoms with van der Waals surface area (Å²) in [6.07, 6.45) is 4.79. The normalized spacial score (nSPS) is 18.8. The summed E-state index contributed by atoms with van der Waals surface area (Å²) in [5, 5.41) is 12.8. The molecular formula is C30H31N5O4. The van der Waals surface area contributed by atoms with Gasteiger partial charge in [-0.15, -0.1) is 0 Å². The van der Waals surface area contributed by atoms with Gasteiger partial charge in [0.25, 0.3) is 5.91 Å². The van der Waals surface area contributed by atoms with Gasteiger partial charge in [-0.25, -0.2) is 9.78 Å². The van der Waals surface area contributed by atoms with Crippen molar-refractivity contribution in [2.75, 3.05) is 19.7 Å². The number of amides is 2. The van der Waals surface area contributed by atoms with E-state index in [-0.39, 0.29) is 11.9 Å². The number of carbonyl (C=O) groups excluding carboxylic acids is 1. The van der Waals surface area contributed by atoms with Crippen LogP contribution in [0.4, 0.5) is 4.79 Å². The van der Waals surface area contributed by atoms with Crippen LogP contribution in [0.5, 0.6) is 5.75 Å². The summed E-state index contributed by atoms with van der Waals surface area (Å²) in [7, 11) is 0. The van der Waals surface area contributed by atoms with Crippen molar-refractivity contribution in [1.29, 1.82) is 0 Å². The van der Waals surface area contributed by atoms with Crippen molar-refractivity contribution in [3.8, 4) is 17.3 Å². The highest BCUT2D eigenvalue weighted by atomic mass is 16.5. The summed E-state index contributed by atoms with van der Waals surface area (Å²) < 4.78 is 10.7. The largest absolute Gasteiger partial charge is 0.489 e. The highest BCUT2D eigenvalue weighted by Crippen LogP contribution is 2.39. The predicted octanol–water partition coefficient (Wildman–Crippen LogP) is 4.98. The van der Waals surface area contributed by atoms with E-state index in [9.17, 15) is 9.59 Å². The molecule has 0 unspecified atom stereocenters. The quantitative estimate of drug-likeness (QED) is 0.370. The van der Waals surface area contributed by atoms with Crippen LogP contribution < -0.4 is 10.1 Å². The number of fused-ring (bicyclic) bond motifs is 1. The zero-order chi connectivity index (χ0) is 26.7. The Bertz CT molecular complexity index is 1650. The molecule has 39 heavy (non-hydrogen) atoms. The third kappa shape index (κ3) is 4.22. The Morgan fingerprint density at radius 1 is 1.15 bits per heavy atom. The molecule has 9 heteroatoms. The Labute approximate surface area is 225 Å². The van der Waals surface area contributed by atoms with Crippen molar-refractivity contribution >= 4 is 40.0 Å². The van der Waals surface area contributed by atoms with E-state index in [0.717, 1.165) is 47.5 Å². The smallest absolute Gasteiger partial charge is 0.404 e. The Morgan fingerprint density at radius 3 is 2.82 bits per heavy atom. The van der Waals surface area contributed by atoms with Gasteiger partial charge in [0.2, 0.25) is 0 Å². The van der Waals surface area contributed by atoms with E-state index in [2.05, 4.69) is 45.3 Å². The van der Waals surface area contributed by atoms with Crippen LogP contribution in [-0.2, 0) is 13.1 Å². The van der Waals surface area contributed by atoms with Crippen LogP contribution in [0.1, 0.15) is 41.6 Å². The first-order valence-electron chi connectivity index (χ1n) is 13.7. The highest BCUT2D eigenvalue weighted by molar-refractivity contribution is 6.00. The Kier molecular flexibility index (Phi) is 5.61. The lowest BCUT2D eigenvalue weighted by molar-refractivity contribution is 0.0692. The Morgan fingerprint density at radius 2 is 2.03 bits per heavy atom. The third-order valence-corrected chi connectivity index (χ3v) is 8.19. The molecule has 2 N–H and O–H groups in total. The van der Waals surface area contributed by atoms with Crippen molar-refractivity contribution in [3.05, 3.63) is 54.1 Å². The van der Waals surface area contributed by atoms with Gasteiger partial charge in [-0.05, 0) is 61.4 Å². The summed E-state index contributed by atoms with van der Waals surface area (Å²) in [6, 6.07) is 12.1. The van der Waals surface area contributed by atoms with E-state index >= 15 is 0 Å². The lowest BCUT2D eigenvalue weighted by Crippen LogP contribution is -2.49. The molecule has 1 atom stereocenters. The minimum atomic E-state index is -1.06. The second kappa shape index (κ2) is 9.18. The van der Waals surface area contributed by atoms with Crippen LogP contribution in [0, 0.1) is 5.92 Å². The molecule has 4 aromatic rings. The molecule has 4 heterocycles. The number of carboxylic acid groups (broad SMARTS) is 1. The van der Waals surface area contributed by atoms with Gasteiger partial charge in [-0.3, -0.25) is 4.79 Å². The van der Waals surface area contributed by atoms with Crippen molar-refractivity contribution in [1.82, 2.24) is 24.3 Å². The monoisotopic (exact) mass is 525 g/mol. The molecule has 1 saturated carbocycles. The SMILES string of the molecule is C=Cc1ccc2cc(-c3nc4cc(C(=O)N5CCC[C@@H](NC(=O)O)C5)cc5c4n3CCO5)n(CC3CC3)c2c1. The molecule has 2 aromatic carbocycles. The van der Waals surface area contributed by atoms with E-state index in [1.54, 1.807) is 4.90 Å². The fourth-order valence-corrected chi connectivity index (χ4v) is 6.10. The number of piperidine rings is 1. The number of carbonyl (C=O) groups is 2. The topological polar surface area (TPSA) is 102 Å². The molecule has 2 aliphatic heterocycles. The number of hydrogen-bond acceptors (Lipinski definition) is 4. The van der Waals surface area contributed by atoms with Gasteiger partial charge in [0.15, 0.2) is 5.82 Å². The maximum atomic E-state index is 13.5. The number of aromatic nitrogens is 3. The second-order valence-electron chi connectivity index (χ2n) is 10.9. The Hall–Kier alpha value is -4.27. The number of rotatable bonds is 6. The molecule has 9 nitrogen and oxygen atoms in total. The summed E-state index contributed by atoms with van der Waals surface area (Å²) in [5.41, 5.74) is 5.52. The molecule has 2 aromatic heterocycles. The van der Waals surface area contributed by atoms with Gasteiger partial charge in [0.1, 0.15) is 17.9 Å². The standard InChI is InChI=1S/C30H31N5O4/c1-2-18-7-8-20-14-25(35(24(20)12-18)16-19-5-6-19)28-32-23-13-21(15-26-27(23)34(28)10-11-39-26)29(36)33-9-3-4-22(17-33)31-30(37)38/h2,7-8,12-15,19,22,31H,1,3-6,9-11,16-17H2,(H,37,38)/t22-/m1/s1. The maximum absolute atomic E-state index is 13.5. The maximum Gasteiger partial charge on any atom is 0.404 e. The molecular weight excluding hydrogens is 494 g/mol. The second-order valence-corrected chi connectivity index (χ2v) is 10.9. The van der Waals surface area contributed by atoms with Gasteiger partial charge < -0.3 is 29.2 Å². The van der Waals surface area contributed by atoms with Gasteiger partial charge in [0.05, 0.1) is 17.8 Å². The van der Waals surface area contributed by atoms with E-state index in [1.807, 2.05) is 18.2 Å². The minimum absolute atomic E-state index is 0.130.